The third-order valence-corrected chi connectivity index (χ3v) is 4.78. The number of carbonyl (C=O) groups excluding carboxylic acids is 3. The van der Waals surface area contributed by atoms with Crippen LogP contribution in [0.1, 0.15) is 27.1 Å². The molecule has 0 unspecified atom stereocenters. The van der Waals surface area contributed by atoms with Gasteiger partial charge in [-0.2, -0.15) is 0 Å². The van der Waals surface area contributed by atoms with Crippen molar-refractivity contribution in [2.75, 3.05) is 31.6 Å². The molecule has 1 saturated heterocycles. The van der Waals surface area contributed by atoms with Gasteiger partial charge in [-0.05, 0) is 37.8 Å². The zero-order valence-corrected chi connectivity index (χ0v) is 16.5. The Hall–Kier alpha value is -3.10. The van der Waals surface area contributed by atoms with Crippen molar-refractivity contribution < 1.29 is 15.8 Å². The van der Waals surface area contributed by atoms with Crippen molar-refractivity contribution in [1.29, 1.82) is 0 Å². The van der Waals surface area contributed by atoms with Gasteiger partial charge in [0.2, 0.25) is 11.8 Å². The summed E-state index contributed by atoms with van der Waals surface area (Å²) in [6, 6.07) is 7.98. The number of nitrogens with one attached hydrogen (secondary N) is 1. The van der Waals surface area contributed by atoms with Crippen LogP contribution in [0.15, 0.2) is 35.3 Å². The number of hydrogen-bond acceptors (Lipinski definition) is 5. The highest BCUT2D eigenvalue weighted by Gasteiger charge is 2.35. The van der Waals surface area contributed by atoms with E-state index in [1.54, 1.807) is 9.80 Å². The first kappa shape index (κ1) is 20.6. The smallest absolute Gasteiger partial charge is 0.243 e. The summed E-state index contributed by atoms with van der Waals surface area (Å²) >= 11 is 0. The Morgan fingerprint density at radius 3 is 2.83 bits per heavy atom. The van der Waals surface area contributed by atoms with Crippen molar-refractivity contribution in [3.63, 3.8) is 0 Å². The van der Waals surface area contributed by atoms with Crippen LogP contribution in [0.2, 0.25) is 0 Å². The number of aldehydes is 1. The average molecular weight is 404 g/mol. The maximum atomic E-state index is 12.8. The number of rotatable bonds is 10. The number of likely N-dealkylation sites (tertiary alicyclic amines) is 1. The van der Waals surface area contributed by atoms with Crippen molar-refractivity contribution in [2.45, 2.75) is 37.8 Å². The van der Waals surface area contributed by atoms with E-state index in [1.165, 1.54) is 0 Å². The quantitative estimate of drug-likeness (QED) is 0.215. The third kappa shape index (κ3) is 6.78. The Labute approximate surface area is 172 Å². The van der Waals surface area contributed by atoms with Gasteiger partial charge in [0.1, 0.15) is 12.3 Å². The topological polar surface area (TPSA) is 134 Å². The molecule has 0 saturated carbocycles. The largest absolute Gasteiger partial charge is 0.370 e. The third-order valence-electron chi connectivity index (χ3n) is 4.78. The van der Waals surface area contributed by atoms with Crippen LogP contribution in [0.4, 0.5) is 5.69 Å². The first-order valence-corrected chi connectivity index (χ1v) is 9.66. The van der Waals surface area contributed by atoms with Crippen LogP contribution in [0.25, 0.3) is 0 Å². The molecule has 5 N–H and O–H groups in total. The van der Waals surface area contributed by atoms with Crippen LogP contribution < -0.4 is 21.7 Å². The Kier molecular flexibility index (Phi) is 7.85. The summed E-state index contributed by atoms with van der Waals surface area (Å²) in [7, 11) is -0.0660. The van der Waals surface area contributed by atoms with Crippen molar-refractivity contribution in [2.24, 2.45) is 16.5 Å². The SMILES string of the molecule is [2H]CN(CC(=O)N1CCC[C@H]1C(=O)N[C@H](C=O)CCCN=C(N)N)c1ccccc1. The fraction of sp³-hybridized carbons (Fsp3) is 0.500. The summed E-state index contributed by atoms with van der Waals surface area (Å²) in [4.78, 5) is 43.9. The molecular weight excluding hydrogens is 372 g/mol. The Morgan fingerprint density at radius 1 is 1.41 bits per heavy atom. The summed E-state index contributed by atoms with van der Waals surface area (Å²) in [6.45, 7) is 0.875. The van der Waals surface area contributed by atoms with Gasteiger partial charge in [0, 0.05) is 27.2 Å². The lowest BCUT2D eigenvalue weighted by molar-refractivity contribution is -0.138. The molecule has 2 rings (SSSR count). The average Bonchev–Trinajstić information content (AvgIpc) is 3.24. The van der Waals surface area contributed by atoms with Crippen LogP contribution in [-0.2, 0) is 14.4 Å². The molecule has 1 aliphatic heterocycles. The van der Waals surface area contributed by atoms with Crippen LogP contribution in [0.3, 0.4) is 0 Å². The molecule has 1 aliphatic rings. The fourth-order valence-corrected chi connectivity index (χ4v) is 3.29. The number of hydrogen-bond donors (Lipinski definition) is 3. The highest BCUT2D eigenvalue weighted by atomic mass is 16.2. The second-order valence-electron chi connectivity index (χ2n) is 6.98. The molecule has 1 aromatic carbocycles. The molecule has 1 aromatic rings. The zero-order valence-electron chi connectivity index (χ0n) is 17.5. The van der Waals surface area contributed by atoms with Gasteiger partial charge in [-0.1, -0.05) is 18.2 Å². The first-order valence-electron chi connectivity index (χ1n) is 10.4. The maximum Gasteiger partial charge on any atom is 0.243 e. The summed E-state index contributed by atoms with van der Waals surface area (Å²) in [6.07, 6.45) is 2.90. The number of anilines is 1. The molecule has 0 aliphatic carbocycles. The van der Waals surface area contributed by atoms with Gasteiger partial charge >= 0.3 is 0 Å². The minimum absolute atomic E-state index is 0.0148. The van der Waals surface area contributed by atoms with Crippen molar-refractivity contribution in [3.8, 4) is 0 Å². The van der Waals surface area contributed by atoms with E-state index >= 15 is 0 Å². The number of amides is 2. The highest BCUT2D eigenvalue weighted by Crippen LogP contribution is 2.19. The maximum absolute atomic E-state index is 12.8. The number of para-hydroxylation sites is 1. The minimum Gasteiger partial charge on any atom is -0.370 e. The second kappa shape index (κ2) is 11.0. The highest BCUT2D eigenvalue weighted by molar-refractivity contribution is 5.91. The van der Waals surface area contributed by atoms with Crippen molar-refractivity contribution >= 4 is 29.7 Å². The summed E-state index contributed by atoms with van der Waals surface area (Å²) < 4.78 is 7.73. The van der Waals surface area contributed by atoms with E-state index in [1.807, 2.05) is 30.3 Å². The normalized spacial score (nSPS) is 17.2. The van der Waals surface area contributed by atoms with Gasteiger partial charge in [0.15, 0.2) is 5.96 Å². The van der Waals surface area contributed by atoms with E-state index in [2.05, 4.69) is 10.3 Å². The van der Waals surface area contributed by atoms with Gasteiger partial charge in [-0.3, -0.25) is 14.6 Å². The van der Waals surface area contributed by atoms with Crippen molar-refractivity contribution in [3.05, 3.63) is 30.3 Å². The Morgan fingerprint density at radius 2 is 2.17 bits per heavy atom. The molecule has 9 nitrogen and oxygen atoms in total. The number of guanidine groups is 1. The minimum atomic E-state index is -0.654. The number of nitrogens with zero attached hydrogens (tertiary/aromatic N) is 3. The summed E-state index contributed by atoms with van der Waals surface area (Å²) in [5, 5.41) is 2.72. The summed E-state index contributed by atoms with van der Waals surface area (Å²) in [5.41, 5.74) is 11.3. The lowest BCUT2D eigenvalue weighted by atomic mass is 10.1. The Balaban J connectivity index is 1.93. The number of benzene rings is 1. The molecule has 158 valence electrons. The van der Waals surface area contributed by atoms with Crippen LogP contribution in [-0.4, -0.2) is 67.7 Å². The fourth-order valence-electron chi connectivity index (χ4n) is 3.29. The first-order chi connectivity index (χ1) is 14.5. The van der Waals surface area contributed by atoms with E-state index < -0.39 is 12.1 Å². The van der Waals surface area contributed by atoms with E-state index in [4.69, 9.17) is 12.8 Å². The molecule has 0 radical (unpaired) electrons. The number of likely N-dealkylation sites (N-methyl/N-ethyl adjacent to an activating group) is 1. The van der Waals surface area contributed by atoms with E-state index in [0.717, 1.165) is 5.69 Å². The Bertz CT molecular complexity index is 741. The monoisotopic (exact) mass is 403 g/mol. The molecule has 9 heteroatoms. The van der Waals surface area contributed by atoms with Gasteiger partial charge in [0.25, 0.3) is 0 Å². The summed E-state index contributed by atoms with van der Waals surface area (Å²) in [5.74, 6) is -0.560. The molecule has 1 fully saturated rings. The molecule has 0 spiro atoms. The number of aliphatic imine (C=N–C) groups is 1. The number of carbonyl (C=O) groups is 3. The second-order valence-corrected chi connectivity index (χ2v) is 6.98. The standard InChI is InChI=1S/C20H30N6O3/c1-25(16-8-3-2-4-9-16)13-18(28)26-12-6-10-17(26)19(29)24-15(14-27)7-5-11-23-20(21)22/h2-4,8-9,14-15,17H,5-7,10-13H2,1H3,(H,24,29)(H4,21,22,23)/t15-,17-/m0/s1/i1D. The van der Waals surface area contributed by atoms with Gasteiger partial charge in [-0.25, -0.2) is 0 Å². The molecule has 0 bridgehead atoms. The van der Waals surface area contributed by atoms with Crippen LogP contribution in [0, 0.1) is 0 Å². The molecule has 2 amide bonds. The van der Waals surface area contributed by atoms with Gasteiger partial charge in [-0.15, -0.1) is 0 Å². The molecule has 1 heterocycles. The molecule has 2 atom stereocenters. The van der Waals surface area contributed by atoms with E-state index in [-0.39, 0.29) is 31.3 Å². The number of nitrogens with two attached hydrogens (primary N) is 2. The van der Waals surface area contributed by atoms with E-state index in [9.17, 15) is 14.4 Å². The molecule has 29 heavy (non-hydrogen) atoms. The van der Waals surface area contributed by atoms with Gasteiger partial charge in [0.05, 0.1) is 12.6 Å². The molecule has 0 aromatic heterocycles. The lowest BCUT2D eigenvalue weighted by Crippen LogP contribution is -2.51. The van der Waals surface area contributed by atoms with Crippen LogP contribution >= 0.6 is 0 Å². The molecular formula is C20H30N6O3. The van der Waals surface area contributed by atoms with Crippen LogP contribution in [0.5, 0.6) is 0 Å². The predicted octanol–water partition coefficient (Wildman–Crippen LogP) is -0.149. The van der Waals surface area contributed by atoms with Gasteiger partial charge < -0.3 is 31.4 Å². The zero-order chi connectivity index (χ0) is 21.9. The predicted molar refractivity (Wildman–Crippen MR) is 112 cm³/mol. The lowest BCUT2D eigenvalue weighted by Gasteiger charge is -2.28. The van der Waals surface area contributed by atoms with E-state index in [0.29, 0.717) is 45.1 Å². The van der Waals surface area contributed by atoms with Crippen molar-refractivity contribution in [1.82, 2.24) is 10.2 Å².